The highest BCUT2D eigenvalue weighted by atomic mass is 19.1. The van der Waals surface area contributed by atoms with Crippen LogP contribution in [0.3, 0.4) is 0 Å². The van der Waals surface area contributed by atoms with Crippen molar-refractivity contribution in [3.63, 3.8) is 0 Å². The van der Waals surface area contributed by atoms with E-state index in [9.17, 15) is 28.0 Å². The summed E-state index contributed by atoms with van der Waals surface area (Å²) in [7, 11) is 1.23. The zero-order chi connectivity index (χ0) is 24.8. The van der Waals surface area contributed by atoms with Gasteiger partial charge in [0.25, 0.3) is 5.91 Å². The maximum absolute atomic E-state index is 13.8. The summed E-state index contributed by atoms with van der Waals surface area (Å²) in [5, 5.41) is 0. The molecule has 34 heavy (non-hydrogen) atoms. The average Bonchev–Trinajstić information content (AvgIpc) is 3.29. The van der Waals surface area contributed by atoms with Crippen molar-refractivity contribution in [3.05, 3.63) is 63.1 Å². The first-order valence-corrected chi connectivity index (χ1v) is 10.6. The maximum Gasteiger partial charge on any atom is 0.275 e. The van der Waals surface area contributed by atoms with E-state index in [1.54, 1.807) is 13.8 Å². The van der Waals surface area contributed by atoms with Crippen LogP contribution in [0.5, 0.6) is 5.75 Å². The van der Waals surface area contributed by atoms with E-state index >= 15 is 0 Å². The molecular weight excluding hydrogens is 452 g/mol. The van der Waals surface area contributed by atoms with Gasteiger partial charge < -0.3 is 14.0 Å². The Balaban J connectivity index is 1.60. The van der Waals surface area contributed by atoms with Gasteiger partial charge in [-0.15, -0.1) is 0 Å². The number of nitrogens with zero attached hydrogens (tertiary/aromatic N) is 1. The van der Waals surface area contributed by atoms with Crippen molar-refractivity contribution >= 4 is 17.6 Å². The third-order valence-electron chi connectivity index (χ3n) is 6.25. The summed E-state index contributed by atoms with van der Waals surface area (Å²) in [5.41, 5.74) is 2.15. The van der Waals surface area contributed by atoms with Crippen LogP contribution in [0.2, 0.25) is 0 Å². The number of halogens is 2. The molecule has 2 atom stereocenters. The molecular formula is C23H23F2N3O6. The molecule has 0 spiro atoms. The van der Waals surface area contributed by atoms with E-state index in [1.165, 1.54) is 17.9 Å². The van der Waals surface area contributed by atoms with Crippen LogP contribution in [0, 0.1) is 17.0 Å². The Bertz CT molecular complexity index is 1260. The number of aromatic nitrogens is 1. The molecule has 0 unspecified atom stereocenters. The lowest BCUT2D eigenvalue weighted by atomic mass is 9.74. The summed E-state index contributed by atoms with van der Waals surface area (Å²) in [5.74, 6) is -4.03. The number of rotatable bonds is 4. The van der Waals surface area contributed by atoms with Crippen molar-refractivity contribution < 1.29 is 32.6 Å². The van der Waals surface area contributed by atoms with E-state index in [1.807, 2.05) is 0 Å². The van der Waals surface area contributed by atoms with Crippen LogP contribution >= 0.6 is 0 Å². The van der Waals surface area contributed by atoms with Crippen molar-refractivity contribution in [2.45, 2.75) is 38.8 Å². The normalized spacial score (nSPS) is 20.3. The van der Waals surface area contributed by atoms with Crippen LogP contribution in [0.25, 0.3) is 0 Å². The quantitative estimate of drug-likeness (QED) is 0.651. The molecule has 0 radical (unpaired) electrons. The molecule has 180 valence electrons. The lowest BCUT2D eigenvalue weighted by Crippen LogP contribution is -2.49. The second-order valence-corrected chi connectivity index (χ2v) is 8.77. The number of amides is 2. The molecule has 0 saturated carbocycles. The van der Waals surface area contributed by atoms with Crippen LogP contribution in [-0.4, -0.2) is 42.0 Å². The van der Waals surface area contributed by atoms with Crippen molar-refractivity contribution in [1.29, 1.82) is 0 Å². The highest BCUT2D eigenvalue weighted by molar-refractivity contribution is 6.04. The van der Waals surface area contributed by atoms with Gasteiger partial charge in [-0.05, 0) is 31.9 Å². The summed E-state index contributed by atoms with van der Waals surface area (Å²) >= 11 is 0. The second-order valence-electron chi connectivity index (χ2n) is 8.77. The van der Waals surface area contributed by atoms with E-state index in [4.69, 9.17) is 9.47 Å². The van der Waals surface area contributed by atoms with Gasteiger partial charge in [-0.2, -0.15) is 0 Å². The van der Waals surface area contributed by atoms with Crippen LogP contribution in [0.15, 0.2) is 29.2 Å². The number of nitrogens with one attached hydrogen (secondary N) is 2. The molecule has 1 saturated heterocycles. The number of hydrogen-bond acceptors (Lipinski definition) is 6. The molecule has 9 nitrogen and oxygen atoms in total. The Morgan fingerprint density at radius 2 is 1.97 bits per heavy atom. The van der Waals surface area contributed by atoms with Crippen LogP contribution in [0.1, 0.15) is 52.7 Å². The van der Waals surface area contributed by atoms with Gasteiger partial charge in [-0.25, -0.2) is 8.78 Å². The number of carbonyl (C=O) groups excluding carboxylic acids is 3. The monoisotopic (exact) mass is 475 g/mol. The van der Waals surface area contributed by atoms with E-state index in [0.29, 0.717) is 19.1 Å². The molecule has 2 aliphatic heterocycles. The van der Waals surface area contributed by atoms with E-state index in [0.717, 1.165) is 12.1 Å². The molecule has 1 aromatic heterocycles. The fraction of sp³-hybridized carbons (Fsp3) is 0.391. The Morgan fingerprint density at radius 3 is 2.65 bits per heavy atom. The van der Waals surface area contributed by atoms with Crippen LogP contribution < -0.4 is 21.0 Å². The highest BCUT2D eigenvalue weighted by Crippen LogP contribution is 2.46. The Labute approximate surface area is 193 Å². The van der Waals surface area contributed by atoms with Crippen molar-refractivity contribution in [2.24, 2.45) is 5.41 Å². The molecule has 2 N–H and O–H groups in total. The van der Waals surface area contributed by atoms with Crippen LogP contribution in [-0.2, 0) is 16.0 Å². The van der Waals surface area contributed by atoms with Gasteiger partial charge in [-0.1, -0.05) is 6.07 Å². The first-order valence-electron chi connectivity index (χ1n) is 10.6. The number of ether oxygens (including phenoxy) is 2. The zero-order valence-electron chi connectivity index (χ0n) is 18.7. The van der Waals surface area contributed by atoms with Gasteiger partial charge in [0.1, 0.15) is 22.9 Å². The SMILES string of the molecule is COc1c2n(cc(C(=O)NNC(=O)Cc3ccc(F)cc3F)c1=O)[C@@H]1CCO[C@@H]1C(C)(C)C2=O. The summed E-state index contributed by atoms with van der Waals surface area (Å²) in [6.07, 6.45) is 0.923. The summed E-state index contributed by atoms with van der Waals surface area (Å²) in [6.45, 7) is 3.90. The molecule has 4 rings (SSSR count). The third kappa shape index (κ3) is 3.85. The predicted octanol–water partition coefficient (Wildman–Crippen LogP) is 1.69. The number of Topliss-reactive ketones (excluding diaryl/α,β-unsaturated/α-hetero) is 1. The third-order valence-corrected chi connectivity index (χ3v) is 6.25. The molecule has 0 bridgehead atoms. The van der Waals surface area contributed by atoms with Gasteiger partial charge in [-0.3, -0.25) is 30.0 Å². The second kappa shape index (κ2) is 8.64. The Kier molecular flexibility index (Phi) is 5.98. The van der Waals surface area contributed by atoms with E-state index in [2.05, 4.69) is 10.9 Å². The molecule has 2 aliphatic rings. The smallest absolute Gasteiger partial charge is 0.275 e. The molecule has 2 aromatic rings. The first kappa shape index (κ1) is 23.6. The largest absolute Gasteiger partial charge is 0.491 e. The standard InChI is InChI=1S/C23H23F2N3O6/c1-23(2)20(31)17-19(33-3)18(30)13(10-28(17)15-6-7-34-21(15)23)22(32)27-26-16(29)8-11-4-5-12(24)9-14(11)25/h4-5,9-10,15,21H,6-8H2,1-3H3,(H,26,29)(H,27,32)/t15-,21+/m1/s1. The molecule has 2 amide bonds. The fourth-order valence-corrected chi connectivity index (χ4v) is 4.51. The van der Waals surface area contributed by atoms with Crippen molar-refractivity contribution in [2.75, 3.05) is 13.7 Å². The summed E-state index contributed by atoms with van der Waals surface area (Å²) < 4.78 is 39.3. The van der Waals surface area contributed by atoms with Gasteiger partial charge >= 0.3 is 0 Å². The zero-order valence-corrected chi connectivity index (χ0v) is 18.7. The topological polar surface area (TPSA) is 116 Å². The lowest BCUT2D eigenvalue weighted by molar-refractivity contribution is -0.121. The molecule has 1 aromatic carbocycles. The number of ketones is 1. The first-order chi connectivity index (χ1) is 16.1. The maximum atomic E-state index is 13.8. The number of fused-ring (bicyclic) bond motifs is 3. The minimum atomic E-state index is -0.945. The minimum absolute atomic E-state index is 0.0663. The van der Waals surface area contributed by atoms with Gasteiger partial charge in [0.2, 0.25) is 11.3 Å². The molecule has 0 aliphatic carbocycles. The number of hydrazine groups is 1. The van der Waals surface area contributed by atoms with Gasteiger partial charge in [0.15, 0.2) is 11.5 Å². The number of hydrogen-bond donors (Lipinski definition) is 2. The summed E-state index contributed by atoms with van der Waals surface area (Å²) in [6, 6.07) is 2.47. The predicted molar refractivity (Wildman–Crippen MR) is 114 cm³/mol. The number of methoxy groups -OCH3 is 1. The van der Waals surface area contributed by atoms with Gasteiger partial charge in [0, 0.05) is 18.9 Å². The van der Waals surface area contributed by atoms with Crippen molar-refractivity contribution in [3.8, 4) is 5.75 Å². The van der Waals surface area contributed by atoms with E-state index in [-0.39, 0.29) is 34.4 Å². The number of carbonyl (C=O) groups is 3. The highest BCUT2D eigenvalue weighted by Gasteiger charge is 2.52. The van der Waals surface area contributed by atoms with Gasteiger partial charge in [0.05, 0.1) is 31.1 Å². The number of benzene rings is 1. The fourth-order valence-electron chi connectivity index (χ4n) is 4.51. The lowest BCUT2D eigenvalue weighted by Gasteiger charge is -2.40. The Hall–Kier alpha value is -3.60. The van der Waals surface area contributed by atoms with E-state index < -0.39 is 46.8 Å². The van der Waals surface area contributed by atoms with Crippen molar-refractivity contribution in [1.82, 2.24) is 15.4 Å². The molecule has 1 fully saturated rings. The summed E-state index contributed by atoms with van der Waals surface area (Å²) in [4.78, 5) is 51.1. The number of pyridine rings is 1. The Morgan fingerprint density at radius 1 is 1.24 bits per heavy atom. The minimum Gasteiger partial charge on any atom is -0.491 e. The molecule has 11 heteroatoms. The molecule has 3 heterocycles. The van der Waals surface area contributed by atoms with Crippen LogP contribution in [0.4, 0.5) is 8.78 Å². The average molecular weight is 475 g/mol.